The smallest absolute Gasteiger partial charge is 0.289 e. The van der Waals surface area contributed by atoms with Gasteiger partial charge >= 0.3 is 0 Å². The van der Waals surface area contributed by atoms with Crippen LogP contribution < -0.4 is 20.1 Å². The van der Waals surface area contributed by atoms with Gasteiger partial charge in [-0.2, -0.15) is 4.98 Å². The van der Waals surface area contributed by atoms with E-state index in [4.69, 9.17) is 29.7 Å². The molecule has 12 nitrogen and oxygen atoms in total. The van der Waals surface area contributed by atoms with Gasteiger partial charge in [-0.3, -0.25) is 4.79 Å². The molecule has 164 valence electrons. The number of carbonyl (C=O) groups is 1. The fraction of sp³-hybridized carbons (Fsp3) is 0.316. The summed E-state index contributed by atoms with van der Waals surface area (Å²) < 4.78 is 15.9. The highest BCUT2D eigenvalue weighted by atomic mass is 16.6. The van der Waals surface area contributed by atoms with Gasteiger partial charge in [-0.15, -0.1) is 4.91 Å². The molecule has 0 unspecified atom stereocenters. The molecule has 2 aromatic heterocycles. The van der Waals surface area contributed by atoms with Gasteiger partial charge < -0.3 is 34.6 Å². The summed E-state index contributed by atoms with van der Waals surface area (Å²) in [7, 11) is 3.14. The zero-order valence-electron chi connectivity index (χ0n) is 17.0. The Kier molecular flexibility index (Phi) is 6.70. The molecule has 0 aliphatic carbocycles. The number of anilines is 2. The summed E-state index contributed by atoms with van der Waals surface area (Å²) in [6.45, 7) is 2.30. The Hall–Kier alpha value is -4.09. The van der Waals surface area contributed by atoms with Crippen molar-refractivity contribution in [2.75, 3.05) is 51.0 Å². The number of ether oxygens (including phenoxy) is 2. The van der Waals surface area contributed by atoms with E-state index in [0.29, 0.717) is 66.1 Å². The molecule has 0 bridgehead atoms. The zero-order chi connectivity index (χ0) is 22.4. The lowest BCUT2D eigenvalue weighted by molar-refractivity contribution is 0.0714. The lowest BCUT2D eigenvalue weighted by Gasteiger charge is -2.34. The van der Waals surface area contributed by atoms with E-state index in [1.165, 1.54) is 11.6 Å². The lowest BCUT2D eigenvalue weighted by Crippen LogP contribution is -2.49. The second-order valence-corrected chi connectivity index (χ2v) is 6.47. The number of piperazine rings is 1. The Balaban J connectivity index is 0.000000858. The maximum absolute atomic E-state index is 12.4. The van der Waals surface area contributed by atoms with Gasteiger partial charge in [-0.1, -0.05) is 0 Å². The fourth-order valence-corrected chi connectivity index (χ4v) is 3.27. The van der Waals surface area contributed by atoms with Crippen molar-refractivity contribution < 1.29 is 23.9 Å². The van der Waals surface area contributed by atoms with Gasteiger partial charge in [0.1, 0.15) is 5.82 Å². The number of amides is 1. The lowest BCUT2D eigenvalue weighted by atomic mass is 10.2. The largest absolute Gasteiger partial charge is 0.493 e. The van der Waals surface area contributed by atoms with E-state index in [1.54, 1.807) is 43.4 Å². The number of methoxy groups -OCH3 is 2. The van der Waals surface area contributed by atoms with Crippen LogP contribution in [0.3, 0.4) is 0 Å². The van der Waals surface area contributed by atoms with Crippen molar-refractivity contribution in [2.24, 2.45) is 5.34 Å². The third kappa shape index (κ3) is 4.57. The molecule has 0 saturated carbocycles. The highest BCUT2D eigenvalue weighted by molar-refractivity contribution is 5.92. The van der Waals surface area contributed by atoms with Gasteiger partial charge in [0.25, 0.3) is 5.91 Å². The van der Waals surface area contributed by atoms with Crippen LogP contribution >= 0.6 is 0 Å². The number of fused-ring (bicyclic) bond motifs is 1. The van der Waals surface area contributed by atoms with Crippen LogP contribution in [0, 0.1) is 4.91 Å². The summed E-state index contributed by atoms with van der Waals surface area (Å²) in [6.07, 6.45) is 1.50. The molecule has 31 heavy (non-hydrogen) atoms. The quantitative estimate of drug-likeness (QED) is 0.463. The summed E-state index contributed by atoms with van der Waals surface area (Å²) in [6, 6.07) is 6.93. The maximum atomic E-state index is 12.4. The first-order valence-electron chi connectivity index (χ1n) is 9.26. The average Bonchev–Trinajstić information content (AvgIpc) is 3.33. The number of carbonyl (C=O) groups excluding carboxylic acids is 1. The molecule has 0 spiro atoms. The molecule has 12 heteroatoms. The Labute approximate surface area is 177 Å². The van der Waals surface area contributed by atoms with Crippen LogP contribution in [0.25, 0.3) is 10.9 Å². The van der Waals surface area contributed by atoms with Crippen LogP contribution in [0.5, 0.6) is 11.5 Å². The van der Waals surface area contributed by atoms with Gasteiger partial charge in [0, 0.05) is 37.6 Å². The van der Waals surface area contributed by atoms with Crippen LogP contribution in [-0.2, 0) is 0 Å². The summed E-state index contributed by atoms with van der Waals surface area (Å²) in [5.74, 6) is 2.29. The van der Waals surface area contributed by atoms with E-state index in [2.05, 4.69) is 9.97 Å². The third-order valence-electron chi connectivity index (χ3n) is 4.80. The molecule has 3 heterocycles. The van der Waals surface area contributed by atoms with Crippen molar-refractivity contribution in [2.45, 2.75) is 0 Å². The number of benzene rings is 1. The number of rotatable bonds is 4. The van der Waals surface area contributed by atoms with E-state index in [0.717, 1.165) is 0 Å². The number of nitrogens with zero attached hydrogens (tertiary/aromatic N) is 5. The molecule has 0 radical (unpaired) electrons. The average molecular weight is 430 g/mol. The number of aromatic nitrogens is 2. The topological polar surface area (TPSA) is 157 Å². The van der Waals surface area contributed by atoms with E-state index >= 15 is 0 Å². The number of hydrogen-bond donors (Lipinski definition) is 2. The molecular weight excluding hydrogens is 408 g/mol. The summed E-state index contributed by atoms with van der Waals surface area (Å²) in [5, 5.41) is 8.59. The van der Waals surface area contributed by atoms with E-state index in [9.17, 15) is 4.79 Å². The normalized spacial score (nSPS) is 13.4. The van der Waals surface area contributed by atoms with Crippen molar-refractivity contribution in [3.8, 4) is 11.5 Å². The molecule has 0 atom stereocenters. The minimum Gasteiger partial charge on any atom is -0.493 e. The number of nitrogens with two attached hydrogens (primary N) is 1. The number of hydrogen-bond acceptors (Lipinski definition) is 10. The Morgan fingerprint density at radius 1 is 1.16 bits per heavy atom. The molecule has 1 amide bonds. The van der Waals surface area contributed by atoms with E-state index < -0.39 is 0 Å². The minimum absolute atomic E-state index is 0.111. The Bertz CT molecular complexity index is 1050. The molecule has 4 rings (SSSR count). The van der Waals surface area contributed by atoms with Gasteiger partial charge in [0.05, 0.1) is 26.0 Å². The highest BCUT2D eigenvalue weighted by Gasteiger charge is 2.25. The molecule has 3 N–H and O–H groups in total. The van der Waals surface area contributed by atoms with Crippen molar-refractivity contribution >= 4 is 28.6 Å². The molecule has 1 aliphatic heterocycles. The van der Waals surface area contributed by atoms with E-state index in [-0.39, 0.29) is 5.91 Å². The van der Waals surface area contributed by atoms with Crippen molar-refractivity contribution in [3.05, 3.63) is 41.2 Å². The summed E-state index contributed by atoms with van der Waals surface area (Å²) >= 11 is 0. The number of furan rings is 1. The second kappa shape index (κ2) is 9.61. The van der Waals surface area contributed by atoms with Crippen molar-refractivity contribution in [1.29, 1.82) is 0 Å². The Morgan fingerprint density at radius 2 is 1.81 bits per heavy atom. The van der Waals surface area contributed by atoms with Crippen LogP contribution in [0.2, 0.25) is 0 Å². The maximum Gasteiger partial charge on any atom is 0.289 e. The van der Waals surface area contributed by atoms with Gasteiger partial charge in [-0.05, 0) is 18.2 Å². The molecule has 1 aromatic carbocycles. The van der Waals surface area contributed by atoms with Crippen molar-refractivity contribution in [3.63, 3.8) is 0 Å². The number of nitrogen functional groups attached to an aromatic ring is 1. The van der Waals surface area contributed by atoms with Gasteiger partial charge in [0.2, 0.25) is 5.95 Å². The van der Waals surface area contributed by atoms with Crippen LogP contribution in [0.4, 0.5) is 11.8 Å². The fourth-order valence-electron chi connectivity index (χ4n) is 3.27. The monoisotopic (exact) mass is 430 g/mol. The minimum atomic E-state index is -0.111. The summed E-state index contributed by atoms with van der Waals surface area (Å²) in [5.41, 5.74) is 6.84. The van der Waals surface area contributed by atoms with E-state index in [1.807, 2.05) is 4.90 Å². The molecular formula is C19H22N6O6. The SMILES string of the molecule is COc1cc2nc(N3CCN(C(=O)c4ccco4)CC3)nc(N)c2cc1OC.O=NO. The van der Waals surface area contributed by atoms with Crippen LogP contribution in [-0.4, -0.2) is 66.4 Å². The van der Waals surface area contributed by atoms with Gasteiger partial charge in [0.15, 0.2) is 22.6 Å². The zero-order valence-corrected chi connectivity index (χ0v) is 17.0. The first kappa shape index (κ1) is 21.6. The molecule has 3 aromatic rings. The Morgan fingerprint density at radius 3 is 2.39 bits per heavy atom. The standard InChI is InChI=1S/C19H21N5O4.HNO2/c1-26-15-10-12-13(11-16(15)27-2)21-19(22-17(12)20)24-7-5-23(6-8-24)18(25)14-4-3-9-28-14;2-1-3/h3-4,9-11H,5-8H2,1-2H3,(H2,20,21,22);(H,2,3). The molecule has 1 fully saturated rings. The first-order chi connectivity index (χ1) is 15.0. The predicted octanol–water partition coefficient (Wildman–Crippen LogP) is 1.93. The highest BCUT2D eigenvalue weighted by Crippen LogP contribution is 2.34. The predicted molar refractivity (Wildman–Crippen MR) is 111 cm³/mol. The first-order valence-corrected chi connectivity index (χ1v) is 9.26. The molecule has 1 saturated heterocycles. The molecule has 1 aliphatic rings. The van der Waals surface area contributed by atoms with Crippen LogP contribution in [0.1, 0.15) is 10.6 Å². The van der Waals surface area contributed by atoms with Crippen molar-refractivity contribution in [1.82, 2.24) is 14.9 Å². The van der Waals surface area contributed by atoms with Crippen LogP contribution in [0.15, 0.2) is 40.3 Å². The second-order valence-electron chi connectivity index (χ2n) is 6.47. The third-order valence-corrected chi connectivity index (χ3v) is 4.80. The summed E-state index contributed by atoms with van der Waals surface area (Å²) in [4.78, 5) is 33.4. The van der Waals surface area contributed by atoms with Gasteiger partial charge in [-0.25, -0.2) is 4.98 Å².